The average Bonchev–Trinajstić information content (AvgIpc) is 2.63. The molecule has 0 aromatic carbocycles. The lowest BCUT2D eigenvalue weighted by atomic mass is 10.3. The summed E-state index contributed by atoms with van der Waals surface area (Å²) in [6.07, 6.45) is 5.06. The molecule has 0 saturated carbocycles. The molecule has 0 aromatic rings. The molecule has 1 amide bonds. The van der Waals surface area contributed by atoms with Crippen LogP contribution in [0.4, 0.5) is 0 Å². The van der Waals surface area contributed by atoms with E-state index < -0.39 is 0 Å². The van der Waals surface area contributed by atoms with Gasteiger partial charge in [-0.15, -0.1) is 0 Å². The molecule has 1 aliphatic rings. The van der Waals surface area contributed by atoms with Crippen LogP contribution >= 0.6 is 0 Å². The first-order chi connectivity index (χ1) is 8.15. The second kappa shape index (κ2) is 10.2. The Hall–Kier alpha value is -0.940. The van der Waals surface area contributed by atoms with Crippen molar-refractivity contribution in [2.75, 3.05) is 13.1 Å². The Morgan fingerprint density at radius 2 is 2.00 bits per heavy atom. The first-order valence-corrected chi connectivity index (χ1v) is 6.43. The molecule has 0 fully saturated rings. The van der Waals surface area contributed by atoms with Gasteiger partial charge in [-0.3, -0.25) is 16.1 Å². The van der Waals surface area contributed by atoms with Crippen LogP contribution < -0.4 is 11.3 Å². The quantitative estimate of drug-likeness (QED) is 0.422. The number of unbranched alkanes of at least 4 members (excludes halogenated alkanes) is 2. The fourth-order valence-corrected chi connectivity index (χ4v) is 1.37. The van der Waals surface area contributed by atoms with E-state index in [0.717, 1.165) is 31.6 Å². The van der Waals surface area contributed by atoms with Gasteiger partial charge >= 0.3 is 0 Å². The highest BCUT2D eigenvalue weighted by molar-refractivity contribution is 6.03. The van der Waals surface area contributed by atoms with Crippen molar-refractivity contribution in [3.63, 3.8) is 0 Å². The van der Waals surface area contributed by atoms with Gasteiger partial charge in [-0.05, 0) is 19.8 Å². The minimum atomic E-state index is 0.149. The molecule has 0 saturated heterocycles. The highest BCUT2D eigenvalue weighted by Gasteiger charge is 2.19. The Morgan fingerprint density at radius 1 is 1.35 bits per heavy atom. The maximum atomic E-state index is 11.1. The number of hydrogen-bond acceptors (Lipinski definition) is 4. The van der Waals surface area contributed by atoms with Gasteiger partial charge in [-0.2, -0.15) is 5.10 Å². The number of amides is 1. The lowest BCUT2D eigenvalue weighted by molar-refractivity contribution is -0.128. The Balaban J connectivity index is 0.000000366. The topological polar surface area (TPSA) is 70.7 Å². The van der Waals surface area contributed by atoms with Gasteiger partial charge in [0.25, 0.3) is 0 Å². The van der Waals surface area contributed by atoms with E-state index in [1.54, 1.807) is 5.01 Å². The first-order valence-electron chi connectivity index (χ1n) is 6.43. The minimum absolute atomic E-state index is 0.149. The van der Waals surface area contributed by atoms with Gasteiger partial charge in [-0.25, -0.2) is 5.01 Å². The van der Waals surface area contributed by atoms with Gasteiger partial charge < -0.3 is 0 Å². The maximum absolute atomic E-state index is 11.1. The number of nitrogens with zero attached hydrogens (tertiary/aromatic N) is 2. The average molecular weight is 242 g/mol. The van der Waals surface area contributed by atoms with E-state index >= 15 is 0 Å². The molecule has 0 aromatic heterocycles. The van der Waals surface area contributed by atoms with E-state index in [0.29, 0.717) is 6.42 Å². The van der Waals surface area contributed by atoms with Crippen LogP contribution in [0.15, 0.2) is 5.10 Å². The Labute approximate surface area is 104 Å². The third-order valence-electron chi connectivity index (χ3n) is 2.38. The zero-order valence-corrected chi connectivity index (χ0v) is 11.3. The predicted octanol–water partition coefficient (Wildman–Crippen LogP) is 1.64. The summed E-state index contributed by atoms with van der Waals surface area (Å²) in [5.74, 6) is 5.11. The molecule has 0 unspecified atom stereocenters. The zero-order valence-electron chi connectivity index (χ0n) is 11.3. The van der Waals surface area contributed by atoms with Crippen molar-refractivity contribution < 1.29 is 4.79 Å². The molecule has 0 atom stereocenters. The molecule has 5 nitrogen and oxygen atoms in total. The monoisotopic (exact) mass is 242 g/mol. The van der Waals surface area contributed by atoms with E-state index in [2.05, 4.69) is 24.4 Å². The molecule has 100 valence electrons. The zero-order chi connectivity index (χ0) is 13.1. The van der Waals surface area contributed by atoms with Gasteiger partial charge in [0.1, 0.15) is 0 Å². The number of nitrogens with one attached hydrogen (secondary N) is 1. The lowest BCUT2D eigenvalue weighted by Crippen LogP contribution is -2.22. The van der Waals surface area contributed by atoms with Crippen LogP contribution in [-0.2, 0) is 4.79 Å². The maximum Gasteiger partial charge on any atom is 0.248 e. The summed E-state index contributed by atoms with van der Waals surface area (Å²) in [5.41, 5.74) is 3.50. The van der Waals surface area contributed by atoms with Crippen molar-refractivity contribution in [3.8, 4) is 0 Å². The molecule has 0 bridgehead atoms. The van der Waals surface area contributed by atoms with Crippen molar-refractivity contribution in [1.82, 2.24) is 10.4 Å². The Bertz CT molecular complexity index is 237. The Kier molecular flexibility index (Phi) is 9.66. The largest absolute Gasteiger partial charge is 0.273 e. The Morgan fingerprint density at radius 3 is 2.35 bits per heavy atom. The smallest absolute Gasteiger partial charge is 0.248 e. The molecule has 1 aliphatic heterocycles. The molecule has 0 radical (unpaired) electrons. The van der Waals surface area contributed by atoms with Gasteiger partial charge in [0, 0.05) is 18.8 Å². The molecule has 0 spiro atoms. The summed E-state index contributed by atoms with van der Waals surface area (Å²) in [4.78, 5) is 11.1. The van der Waals surface area contributed by atoms with Crippen LogP contribution in [0, 0.1) is 0 Å². The van der Waals surface area contributed by atoms with Crippen molar-refractivity contribution in [3.05, 3.63) is 0 Å². The van der Waals surface area contributed by atoms with E-state index in [1.165, 1.54) is 12.8 Å². The van der Waals surface area contributed by atoms with Gasteiger partial charge in [0.05, 0.1) is 6.42 Å². The van der Waals surface area contributed by atoms with E-state index in [1.807, 2.05) is 6.92 Å². The van der Waals surface area contributed by atoms with Crippen molar-refractivity contribution in [1.29, 1.82) is 0 Å². The number of hydrogen-bond donors (Lipinski definition) is 2. The second-order valence-electron chi connectivity index (χ2n) is 4.19. The molecule has 17 heavy (non-hydrogen) atoms. The summed E-state index contributed by atoms with van der Waals surface area (Å²) < 4.78 is 0. The normalized spacial score (nSPS) is 14.5. The van der Waals surface area contributed by atoms with Gasteiger partial charge in [-0.1, -0.05) is 26.7 Å². The number of nitrogens with two attached hydrogens (primary N) is 1. The number of carbonyl (C=O) groups is 1. The first kappa shape index (κ1) is 16.1. The van der Waals surface area contributed by atoms with E-state index in [4.69, 9.17) is 5.84 Å². The molecular weight excluding hydrogens is 216 g/mol. The predicted molar refractivity (Wildman–Crippen MR) is 71.4 cm³/mol. The molecule has 3 N–H and O–H groups in total. The highest BCUT2D eigenvalue weighted by atomic mass is 16.2. The van der Waals surface area contributed by atoms with E-state index in [-0.39, 0.29) is 5.91 Å². The molecule has 0 aliphatic carbocycles. The highest BCUT2D eigenvalue weighted by Crippen LogP contribution is 2.08. The van der Waals surface area contributed by atoms with E-state index in [9.17, 15) is 4.79 Å². The van der Waals surface area contributed by atoms with Crippen LogP contribution in [0.5, 0.6) is 0 Å². The number of hydrazine groups is 1. The second-order valence-corrected chi connectivity index (χ2v) is 4.19. The summed E-state index contributed by atoms with van der Waals surface area (Å²) in [6.45, 7) is 7.86. The van der Waals surface area contributed by atoms with Crippen molar-refractivity contribution >= 4 is 11.6 Å². The molecule has 1 heterocycles. The number of rotatable bonds is 6. The van der Waals surface area contributed by atoms with Gasteiger partial charge in [0.2, 0.25) is 5.91 Å². The molecule has 1 rings (SSSR count). The third kappa shape index (κ3) is 7.88. The summed E-state index contributed by atoms with van der Waals surface area (Å²) >= 11 is 0. The van der Waals surface area contributed by atoms with Crippen LogP contribution in [0.1, 0.15) is 52.9 Å². The fraction of sp³-hybridized carbons (Fsp3) is 0.833. The standard InChI is InChI=1S/C8H14N2O.C4H12N2/c1-3-4-5-10-8(11)6-7(2)9-10;1-2-3-4-6-5/h3-6H2,1-2H3;6H,2-5H2,1H3. The van der Waals surface area contributed by atoms with Crippen LogP contribution in [-0.4, -0.2) is 29.7 Å². The molecular formula is C12H26N4O. The minimum Gasteiger partial charge on any atom is -0.273 e. The fourth-order valence-electron chi connectivity index (χ4n) is 1.37. The SMILES string of the molecule is CCCCN1N=C(C)CC1=O.CCCCNN. The van der Waals surface area contributed by atoms with Crippen molar-refractivity contribution in [2.24, 2.45) is 10.9 Å². The number of hydrazone groups is 1. The van der Waals surface area contributed by atoms with Crippen LogP contribution in [0.3, 0.4) is 0 Å². The number of carbonyl (C=O) groups excluding carboxylic acids is 1. The van der Waals surface area contributed by atoms with Crippen LogP contribution in [0.2, 0.25) is 0 Å². The lowest BCUT2D eigenvalue weighted by Gasteiger charge is -2.09. The molecule has 5 heteroatoms. The van der Waals surface area contributed by atoms with Crippen molar-refractivity contribution in [2.45, 2.75) is 52.9 Å². The third-order valence-corrected chi connectivity index (χ3v) is 2.38. The van der Waals surface area contributed by atoms with Gasteiger partial charge in [0.15, 0.2) is 0 Å². The van der Waals surface area contributed by atoms with Crippen LogP contribution in [0.25, 0.3) is 0 Å². The summed E-state index contributed by atoms with van der Waals surface area (Å²) in [5, 5.41) is 5.69. The summed E-state index contributed by atoms with van der Waals surface area (Å²) in [6, 6.07) is 0. The summed E-state index contributed by atoms with van der Waals surface area (Å²) in [7, 11) is 0.